The fourth-order valence-electron chi connectivity index (χ4n) is 4.72. The normalized spacial score (nSPS) is 41.5. The van der Waals surface area contributed by atoms with Crippen LogP contribution in [0.1, 0.15) is 38.5 Å². The first-order valence-corrected chi connectivity index (χ1v) is 6.65. The molecule has 0 unspecified atom stereocenters. The molecule has 4 bridgehead atoms. The van der Waals surface area contributed by atoms with Crippen molar-refractivity contribution in [1.82, 2.24) is 5.32 Å². The van der Waals surface area contributed by atoms with E-state index in [0.717, 1.165) is 37.0 Å². The van der Waals surface area contributed by atoms with Gasteiger partial charge in [-0.2, -0.15) is 5.26 Å². The maximum atomic E-state index is 12.4. The number of nitrogens with one attached hydrogen (secondary N) is 1. The van der Waals surface area contributed by atoms with Crippen molar-refractivity contribution in [2.24, 2.45) is 33.9 Å². The van der Waals surface area contributed by atoms with Gasteiger partial charge in [0.1, 0.15) is 0 Å². The predicted molar refractivity (Wildman–Crippen MR) is 66.0 cm³/mol. The van der Waals surface area contributed by atoms with Crippen LogP contribution in [0.15, 0.2) is 4.99 Å². The SMILES string of the molecule is N#CN=C(N)NC(=O)C12CC3CC(CC(C3)C1)C2. The summed E-state index contributed by atoms with van der Waals surface area (Å²) in [4.78, 5) is 15.8. The Hall–Kier alpha value is -1.57. The number of carbonyl (C=O) groups is 1. The van der Waals surface area contributed by atoms with E-state index in [1.807, 2.05) is 0 Å². The third kappa shape index (κ3) is 1.76. The average molecular weight is 246 g/mol. The lowest BCUT2D eigenvalue weighted by Gasteiger charge is -2.55. The Bertz CT molecular complexity index is 413. The molecule has 0 aromatic heterocycles. The van der Waals surface area contributed by atoms with Gasteiger partial charge in [-0.15, -0.1) is 4.99 Å². The van der Waals surface area contributed by atoms with E-state index in [0.29, 0.717) is 0 Å². The van der Waals surface area contributed by atoms with Gasteiger partial charge in [0.05, 0.1) is 5.41 Å². The number of nitrogens with zero attached hydrogens (tertiary/aromatic N) is 2. The summed E-state index contributed by atoms with van der Waals surface area (Å²) in [5.74, 6) is 2.07. The number of rotatable bonds is 1. The number of nitriles is 1. The molecule has 4 fully saturated rings. The monoisotopic (exact) mass is 246 g/mol. The Kier molecular flexibility index (Phi) is 2.54. The van der Waals surface area contributed by atoms with Crippen LogP contribution in [0.3, 0.4) is 0 Å². The molecule has 18 heavy (non-hydrogen) atoms. The van der Waals surface area contributed by atoms with Gasteiger partial charge < -0.3 is 5.73 Å². The summed E-state index contributed by atoms with van der Waals surface area (Å²) in [7, 11) is 0. The minimum Gasteiger partial charge on any atom is -0.369 e. The minimum atomic E-state index is -0.232. The van der Waals surface area contributed by atoms with Crippen LogP contribution < -0.4 is 11.1 Å². The molecule has 0 saturated heterocycles. The highest BCUT2D eigenvalue weighted by Crippen LogP contribution is 2.60. The molecular weight excluding hydrogens is 228 g/mol. The average Bonchev–Trinajstić information content (AvgIpc) is 2.27. The zero-order valence-corrected chi connectivity index (χ0v) is 10.4. The van der Waals surface area contributed by atoms with E-state index in [9.17, 15) is 4.79 Å². The molecule has 0 aliphatic heterocycles. The van der Waals surface area contributed by atoms with E-state index in [2.05, 4.69) is 10.3 Å². The van der Waals surface area contributed by atoms with Gasteiger partial charge in [-0.25, -0.2) is 0 Å². The van der Waals surface area contributed by atoms with Gasteiger partial charge in [0.2, 0.25) is 18.1 Å². The molecule has 0 heterocycles. The lowest BCUT2D eigenvalue weighted by Crippen LogP contribution is -2.55. The van der Waals surface area contributed by atoms with Crippen LogP contribution in [-0.4, -0.2) is 11.9 Å². The van der Waals surface area contributed by atoms with Crippen LogP contribution >= 0.6 is 0 Å². The second-order valence-corrected chi connectivity index (χ2v) is 6.25. The Morgan fingerprint density at radius 2 is 1.72 bits per heavy atom. The first-order chi connectivity index (χ1) is 8.61. The molecule has 0 radical (unpaired) electrons. The molecule has 0 aromatic rings. The summed E-state index contributed by atoms with van der Waals surface area (Å²) in [5, 5.41) is 11.0. The van der Waals surface area contributed by atoms with E-state index in [1.165, 1.54) is 19.3 Å². The molecule has 5 nitrogen and oxygen atoms in total. The van der Waals surface area contributed by atoms with Crippen molar-refractivity contribution >= 4 is 11.9 Å². The van der Waals surface area contributed by atoms with Gasteiger partial charge in [-0.1, -0.05) is 0 Å². The van der Waals surface area contributed by atoms with E-state index < -0.39 is 0 Å². The Labute approximate surface area is 106 Å². The maximum Gasteiger partial charge on any atom is 0.232 e. The van der Waals surface area contributed by atoms with E-state index >= 15 is 0 Å². The molecule has 5 heteroatoms. The zero-order valence-electron chi connectivity index (χ0n) is 10.4. The van der Waals surface area contributed by atoms with Crippen LogP contribution in [0.2, 0.25) is 0 Å². The fourth-order valence-corrected chi connectivity index (χ4v) is 4.72. The Balaban J connectivity index is 1.77. The highest BCUT2D eigenvalue weighted by atomic mass is 16.2. The third-order valence-electron chi connectivity index (χ3n) is 4.93. The van der Waals surface area contributed by atoms with E-state index in [-0.39, 0.29) is 17.3 Å². The largest absolute Gasteiger partial charge is 0.369 e. The quantitative estimate of drug-likeness (QED) is 0.412. The number of nitrogens with two attached hydrogens (primary N) is 1. The third-order valence-corrected chi connectivity index (χ3v) is 4.93. The van der Waals surface area contributed by atoms with Gasteiger partial charge >= 0.3 is 0 Å². The second-order valence-electron chi connectivity index (χ2n) is 6.25. The Morgan fingerprint density at radius 1 is 1.22 bits per heavy atom. The van der Waals surface area contributed by atoms with Gasteiger partial charge in [0.25, 0.3) is 0 Å². The highest BCUT2D eigenvalue weighted by molar-refractivity contribution is 5.99. The van der Waals surface area contributed by atoms with Crippen molar-refractivity contribution in [3.8, 4) is 6.19 Å². The molecule has 1 amide bonds. The van der Waals surface area contributed by atoms with Crippen LogP contribution in [0.4, 0.5) is 0 Å². The van der Waals surface area contributed by atoms with Gasteiger partial charge in [0, 0.05) is 0 Å². The second kappa shape index (κ2) is 3.98. The van der Waals surface area contributed by atoms with E-state index in [1.54, 1.807) is 6.19 Å². The minimum absolute atomic E-state index is 0.0156. The zero-order chi connectivity index (χ0) is 12.8. The van der Waals surface area contributed by atoms with Gasteiger partial charge in [0.15, 0.2) is 0 Å². The topological polar surface area (TPSA) is 91.3 Å². The van der Waals surface area contributed by atoms with Crippen LogP contribution in [0.25, 0.3) is 0 Å². The summed E-state index contributed by atoms with van der Waals surface area (Å²) in [5.41, 5.74) is 5.27. The lowest BCUT2D eigenvalue weighted by molar-refractivity contribution is -0.144. The number of carbonyl (C=O) groups excluding carboxylic acids is 1. The van der Waals surface area contributed by atoms with Gasteiger partial charge in [-0.3, -0.25) is 10.1 Å². The number of aliphatic imine (C=N–C) groups is 1. The standard InChI is InChI=1S/C13H18N4O/c14-7-16-12(15)17-11(18)13-4-8-1-9(5-13)3-10(2-8)6-13/h8-10H,1-6H2,(H3,15,16,17,18). The number of amides is 1. The first-order valence-electron chi connectivity index (χ1n) is 6.65. The van der Waals surface area contributed by atoms with Crippen LogP contribution in [0.5, 0.6) is 0 Å². The number of hydrogen-bond donors (Lipinski definition) is 2. The summed E-state index contributed by atoms with van der Waals surface area (Å²) >= 11 is 0. The molecule has 0 spiro atoms. The molecule has 4 rings (SSSR count). The summed E-state index contributed by atoms with van der Waals surface area (Å²) in [6.07, 6.45) is 8.47. The fraction of sp³-hybridized carbons (Fsp3) is 0.769. The van der Waals surface area contributed by atoms with Crippen molar-refractivity contribution in [3.05, 3.63) is 0 Å². The summed E-state index contributed by atoms with van der Waals surface area (Å²) in [6.45, 7) is 0. The molecule has 0 aromatic carbocycles. The van der Waals surface area contributed by atoms with Crippen molar-refractivity contribution in [3.63, 3.8) is 0 Å². The molecule has 3 N–H and O–H groups in total. The molecule has 4 aliphatic carbocycles. The number of hydrogen-bond acceptors (Lipinski definition) is 3. The van der Waals surface area contributed by atoms with Gasteiger partial charge in [-0.05, 0) is 56.3 Å². The molecule has 4 aliphatic rings. The highest BCUT2D eigenvalue weighted by Gasteiger charge is 2.54. The molecule has 4 saturated carbocycles. The summed E-state index contributed by atoms with van der Waals surface area (Å²) in [6, 6.07) is 0. The molecule has 0 atom stereocenters. The van der Waals surface area contributed by atoms with Crippen molar-refractivity contribution in [1.29, 1.82) is 5.26 Å². The predicted octanol–water partition coefficient (Wildman–Crippen LogP) is 1.11. The van der Waals surface area contributed by atoms with Crippen molar-refractivity contribution in [2.75, 3.05) is 0 Å². The maximum absolute atomic E-state index is 12.4. The lowest BCUT2D eigenvalue weighted by atomic mass is 9.49. The first kappa shape index (κ1) is 11.5. The van der Waals surface area contributed by atoms with Crippen molar-refractivity contribution in [2.45, 2.75) is 38.5 Å². The van der Waals surface area contributed by atoms with Crippen molar-refractivity contribution < 1.29 is 4.79 Å². The smallest absolute Gasteiger partial charge is 0.232 e. The van der Waals surface area contributed by atoms with Crippen LogP contribution in [-0.2, 0) is 4.79 Å². The summed E-state index contributed by atoms with van der Waals surface area (Å²) < 4.78 is 0. The molecule has 96 valence electrons. The molecular formula is C13H18N4O. The number of guanidine groups is 1. The van der Waals surface area contributed by atoms with E-state index in [4.69, 9.17) is 11.0 Å². The Morgan fingerprint density at radius 3 is 2.17 bits per heavy atom. The van der Waals surface area contributed by atoms with Crippen LogP contribution in [0, 0.1) is 34.6 Å².